The molecular formula is C13H16N4S2. The zero-order valence-electron chi connectivity index (χ0n) is 10.9. The molecule has 1 rings (SSSR count). The van der Waals surface area contributed by atoms with Gasteiger partial charge in [0.25, 0.3) is 0 Å². The molecule has 1 aromatic carbocycles. The van der Waals surface area contributed by atoms with Gasteiger partial charge in [-0.1, -0.05) is 63.7 Å². The first-order valence-corrected chi connectivity index (χ1v) is 5.85. The highest BCUT2D eigenvalue weighted by molar-refractivity contribution is 7.85. The number of thiol groups is 2. The molecule has 0 N–H and O–H groups in total. The molecule has 0 spiro atoms. The Labute approximate surface area is 126 Å². The van der Waals surface area contributed by atoms with Crippen LogP contribution >= 0.6 is 25.3 Å². The molecule has 0 fully saturated rings. The molecular weight excluding hydrogens is 276 g/mol. The van der Waals surface area contributed by atoms with Gasteiger partial charge in [-0.2, -0.15) is 15.8 Å². The van der Waals surface area contributed by atoms with E-state index in [1.165, 1.54) is 17.2 Å². The number of benzene rings is 1. The topological polar surface area (TPSA) is 95.2 Å². The van der Waals surface area contributed by atoms with Gasteiger partial charge in [-0.3, -0.25) is 0 Å². The van der Waals surface area contributed by atoms with Crippen molar-refractivity contribution in [1.82, 2.24) is 0 Å². The lowest BCUT2D eigenvalue weighted by Crippen LogP contribution is -1.66. The molecule has 0 radical (unpaired) electrons. The number of hydrogen-bond donors (Lipinski definition) is 2. The third-order valence-corrected chi connectivity index (χ3v) is 0.903. The van der Waals surface area contributed by atoms with Gasteiger partial charge in [0.05, 0.1) is 11.6 Å². The Morgan fingerprint density at radius 1 is 0.947 bits per heavy atom. The highest BCUT2D eigenvalue weighted by atomic mass is 32.1. The fourth-order valence-corrected chi connectivity index (χ4v) is 0.513. The van der Waals surface area contributed by atoms with Gasteiger partial charge in [0.2, 0.25) is 0 Å². The molecule has 0 atom stereocenters. The Bertz CT molecular complexity index is 385. The summed E-state index contributed by atoms with van der Waals surface area (Å²) in [5.74, 6) is 0. The molecule has 0 aromatic heterocycles. The van der Waals surface area contributed by atoms with Crippen LogP contribution in [-0.4, -0.2) is 0 Å². The number of hydrogen-bond acceptors (Lipinski definition) is 6. The molecule has 4 nitrogen and oxygen atoms in total. The average molecular weight is 292 g/mol. The van der Waals surface area contributed by atoms with Gasteiger partial charge in [0, 0.05) is 6.57 Å². The van der Waals surface area contributed by atoms with Crippen LogP contribution < -0.4 is 0 Å². The smallest absolute Gasteiger partial charge is 0.130 e. The highest BCUT2D eigenvalue weighted by Crippen LogP contribution is 1.93. The van der Waals surface area contributed by atoms with Gasteiger partial charge in [0.15, 0.2) is 0 Å². The van der Waals surface area contributed by atoms with E-state index in [9.17, 15) is 0 Å². The monoisotopic (exact) mass is 292 g/mol. The Morgan fingerprint density at radius 2 is 1.21 bits per heavy atom. The van der Waals surface area contributed by atoms with E-state index in [4.69, 9.17) is 21.0 Å². The van der Waals surface area contributed by atoms with Gasteiger partial charge in [-0.15, -0.1) is 0 Å². The predicted molar refractivity (Wildman–Crippen MR) is 83.0 cm³/mol. The zero-order chi connectivity index (χ0) is 15.9. The first-order valence-electron chi connectivity index (χ1n) is 4.95. The van der Waals surface area contributed by atoms with Gasteiger partial charge in [-0.25, -0.2) is 5.26 Å². The third kappa shape index (κ3) is 49.3. The lowest BCUT2D eigenvalue weighted by Gasteiger charge is -1.80. The van der Waals surface area contributed by atoms with Gasteiger partial charge >= 0.3 is 0 Å². The van der Waals surface area contributed by atoms with Crippen molar-refractivity contribution < 1.29 is 0 Å². The molecule has 0 amide bonds. The summed E-state index contributed by atoms with van der Waals surface area (Å²) in [6.45, 7) is 7.75. The summed E-state index contributed by atoms with van der Waals surface area (Å²) in [6, 6.07) is 11.2. The largest absolute Gasteiger partial charge is 0.202 e. The van der Waals surface area contributed by atoms with Crippen molar-refractivity contribution in [2.45, 2.75) is 20.3 Å². The Balaban J connectivity index is -0.0000000871. The van der Waals surface area contributed by atoms with Crippen LogP contribution in [0.25, 0.3) is 0 Å². The van der Waals surface area contributed by atoms with Crippen LogP contribution in [-0.2, 0) is 0 Å². The fraction of sp³-hybridized carbons (Fsp3) is 0.231. The van der Waals surface area contributed by atoms with E-state index in [1.54, 1.807) is 12.1 Å². The molecule has 0 saturated carbocycles. The Kier molecular flexibility index (Phi) is 48.6. The molecule has 1 aromatic rings. The first kappa shape index (κ1) is 25.7. The van der Waals surface area contributed by atoms with Gasteiger partial charge < -0.3 is 0 Å². The molecule has 6 heteroatoms. The Morgan fingerprint density at radius 3 is 1.37 bits per heavy atom. The summed E-state index contributed by atoms with van der Waals surface area (Å²) >= 11 is 6.19. The number of thiocyanates is 2. The van der Waals surface area contributed by atoms with E-state index < -0.39 is 0 Å². The number of nitriles is 4. The number of nitrogens with zero attached hydrogens (tertiary/aromatic N) is 4. The van der Waals surface area contributed by atoms with Crippen LogP contribution in [0.15, 0.2) is 30.3 Å². The predicted octanol–water partition coefficient (Wildman–Crippen LogP) is 3.91. The molecule has 0 aliphatic carbocycles. The van der Waals surface area contributed by atoms with Gasteiger partial charge in [-0.05, 0) is 12.1 Å². The van der Waals surface area contributed by atoms with Crippen LogP contribution in [0.2, 0.25) is 0 Å². The quantitative estimate of drug-likeness (QED) is 0.559. The fourth-order valence-electron chi connectivity index (χ4n) is 0.513. The van der Waals surface area contributed by atoms with Crippen LogP contribution in [0, 0.1) is 44.5 Å². The average Bonchev–Trinajstić information content (AvgIpc) is 2.45. The van der Waals surface area contributed by atoms with E-state index in [0.717, 1.165) is 0 Å². The maximum Gasteiger partial charge on any atom is 0.130 e. The first-order chi connectivity index (χ1) is 9.17. The van der Waals surface area contributed by atoms with Crippen molar-refractivity contribution in [1.29, 1.82) is 21.0 Å². The van der Waals surface area contributed by atoms with E-state index in [-0.39, 0.29) is 0 Å². The maximum atomic E-state index is 8.29. The highest BCUT2D eigenvalue weighted by Gasteiger charge is 1.79. The van der Waals surface area contributed by atoms with Crippen molar-refractivity contribution >= 4 is 25.3 Å². The van der Waals surface area contributed by atoms with Crippen LogP contribution in [0.1, 0.15) is 25.8 Å². The van der Waals surface area contributed by atoms with Crippen molar-refractivity contribution in [3.8, 4) is 23.4 Å². The third-order valence-electron chi connectivity index (χ3n) is 0.903. The summed E-state index contributed by atoms with van der Waals surface area (Å²) in [5, 5.41) is 32.0. The molecule has 0 heterocycles. The summed E-state index contributed by atoms with van der Waals surface area (Å²) in [6.07, 6.45) is 1.25. The van der Waals surface area contributed by atoms with E-state index in [2.05, 4.69) is 45.7 Å². The standard InChI is InChI=1S/C7H5N.C3H8.2CHNS.CHN/c8-6-7-4-2-1-3-5-7;1-3-2;2*2-1-3;1-2/h1-5H;3H2,1-2H3;2*3H;1H. The minimum atomic E-state index is 0.715. The molecule has 0 bridgehead atoms. The lowest BCUT2D eigenvalue weighted by molar-refractivity contribution is 1.09. The van der Waals surface area contributed by atoms with Crippen LogP contribution in [0.5, 0.6) is 0 Å². The molecule has 0 unspecified atom stereocenters. The summed E-state index contributed by atoms with van der Waals surface area (Å²) < 4.78 is 0. The number of rotatable bonds is 0. The van der Waals surface area contributed by atoms with Crippen molar-refractivity contribution in [3.05, 3.63) is 35.9 Å². The van der Waals surface area contributed by atoms with Crippen LogP contribution in [0.3, 0.4) is 0 Å². The normalized spacial score (nSPS) is 5.21. The molecule has 0 saturated heterocycles. The lowest BCUT2D eigenvalue weighted by atomic mass is 10.2. The minimum Gasteiger partial charge on any atom is -0.202 e. The van der Waals surface area contributed by atoms with Crippen LogP contribution in [0.4, 0.5) is 0 Å². The SMILES string of the molecule is C#N.CCC.N#CS.N#CS.N#Cc1ccccc1. The van der Waals surface area contributed by atoms with Gasteiger partial charge in [0.1, 0.15) is 10.8 Å². The summed E-state index contributed by atoms with van der Waals surface area (Å²) in [7, 11) is 0. The maximum absolute atomic E-state index is 8.29. The molecule has 0 aliphatic heterocycles. The molecule has 19 heavy (non-hydrogen) atoms. The molecule has 0 aliphatic rings. The second-order valence-electron chi connectivity index (χ2n) is 2.38. The van der Waals surface area contributed by atoms with Crippen molar-refractivity contribution in [2.75, 3.05) is 0 Å². The second kappa shape index (κ2) is 36.0. The Hall–Kier alpha value is -2.12. The van der Waals surface area contributed by atoms with E-state index in [0.29, 0.717) is 5.56 Å². The summed E-state index contributed by atoms with van der Waals surface area (Å²) in [4.78, 5) is 0. The summed E-state index contributed by atoms with van der Waals surface area (Å²) in [5.41, 5.74) is 0.715. The second-order valence-corrected chi connectivity index (χ2v) is 2.78. The van der Waals surface area contributed by atoms with E-state index in [1.807, 2.05) is 24.3 Å². The van der Waals surface area contributed by atoms with E-state index >= 15 is 0 Å². The minimum absolute atomic E-state index is 0.715. The van der Waals surface area contributed by atoms with Crippen molar-refractivity contribution in [2.24, 2.45) is 0 Å². The zero-order valence-corrected chi connectivity index (χ0v) is 12.6. The molecule has 100 valence electrons. The van der Waals surface area contributed by atoms with Crippen molar-refractivity contribution in [3.63, 3.8) is 0 Å².